The van der Waals surface area contributed by atoms with Crippen LogP contribution < -0.4 is 15.4 Å². The average molecular weight is 328 g/mol. The molecule has 4 heteroatoms. The van der Waals surface area contributed by atoms with Crippen LogP contribution in [0.2, 0.25) is 0 Å². The average Bonchev–Trinajstić information content (AvgIpc) is 2.57. The molecule has 0 bridgehead atoms. The lowest BCUT2D eigenvalue weighted by Crippen LogP contribution is -2.29. The van der Waals surface area contributed by atoms with Crippen molar-refractivity contribution in [1.82, 2.24) is 5.32 Å². The topological polar surface area (TPSA) is 33.3 Å². The third-order valence-electron chi connectivity index (χ3n) is 3.46. The molecular formula is C19H24N2OS. The molecule has 2 aromatic rings. The first-order valence-corrected chi connectivity index (χ1v) is 8.51. The van der Waals surface area contributed by atoms with Crippen molar-refractivity contribution in [3.05, 3.63) is 60.2 Å². The standard InChI is InChI=1S/C19H24N2OS/c1-2-22-18-14-7-6-13-17(18)21-19(23)20-15-9-8-12-16-10-4-3-5-11-16/h3-7,10-11,13-14H,2,8-9,12,15H2,1H3,(H2,20,21,23). The SMILES string of the molecule is CCOc1ccccc1NC(=S)NCCCCc1ccccc1. The van der Waals surface area contributed by atoms with Gasteiger partial charge in [-0.3, -0.25) is 0 Å². The molecule has 0 saturated heterocycles. The Balaban J connectivity index is 1.67. The van der Waals surface area contributed by atoms with Crippen molar-refractivity contribution in [3.63, 3.8) is 0 Å². The predicted octanol–water partition coefficient (Wildman–Crippen LogP) is 4.39. The van der Waals surface area contributed by atoms with Crippen molar-refractivity contribution in [2.24, 2.45) is 0 Å². The summed E-state index contributed by atoms with van der Waals surface area (Å²) >= 11 is 5.35. The molecule has 0 aliphatic carbocycles. The molecule has 0 amide bonds. The van der Waals surface area contributed by atoms with E-state index < -0.39 is 0 Å². The highest BCUT2D eigenvalue weighted by Crippen LogP contribution is 2.23. The fourth-order valence-corrected chi connectivity index (χ4v) is 2.53. The number of unbranched alkanes of at least 4 members (excludes halogenated alkanes) is 1. The normalized spacial score (nSPS) is 10.1. The Bertz CT molecular complexity index is 601. The summed E-state index contributed by atoms with van der Waals surface area (Å²) in [6.07, 6.45) is 3.34. The Labute approximate surface area is 144 Å². The van der Waals surface area contributed by atoms with E-state index in [0.717, 1.165) is 37.2 Å². The van der Waals surface area contributed by atoms with E-state index >= 15 is 0 Å². The van der Waals surface area contributed by atoms with Gasteiger partial charge in [0.15, 0.2) is 5.11 Å². The van der Waals surface area contributed by atoms with Gasteiger partial charge in [0, 0.05) is 6.54 Å². The predicted molar refractivity (Wildman–Crippen MR) is 101 cm³/mol. The summed E-state index contributed by atoms with van der Waals surface area (Å²) in [4.78, 5) is 0. The molecule has 122 valence electrons. The maximum absolute atomic E-state index is 5.58. The molecule has 0 atom stereocenters. The molecule has 0 aromatic heterocycles. The Hall–Kier alpha value is -2.07. The van der Waals surface area contributed by atoms with Gasteiger partial charge < -0.3 is 15.4 Å². The van der Waals surface area contributed by atoms with Crippen molar-refractivity contribution < 1.29 is 4.74 Å². The van der Waals surface area contributed by atoms with Crippen LogP contribution >= 0.6 is 12.2 Å². The Kier molecular flexibility index (Phi) is 7.40. The number of ether oxygens (including phenoxy) is 1. The van der Waals surface area contributed by atoms with Gasteiger partial charge in [-0.05, 0) is 56.1 Å². The second-order valence-corrected chi connectivity index (χ2v) is 5.66. The maximum Gasteiger partial charge on any atom is 0.170 e. The summed E-state index contributed by atoms with van der Waals surface area (Å²) in [6.45, 7) is 3.48. The second-order valence-electron chi connectivity index (χ2n) is 5.25. The zero-order chi connectivity index (χ0) is 16.3. The summed E-state index contributed by atoms with van der Waals surface area (Å²) < 4.78 is 5.58. The van der Waals surface area contributed by atoms with Crippen LogP contribution in [0.4, 0.5) is 5.69 Å². The van der Waals surface area contributed by atoms with Gasteiger partial charge in [0.25, 0.3) is 0 Å². The van der Waals surface area contributed by atoms with E-state index in [9.17, 15) is 0 Å². The molecule has 0 spiro atoms. The number of para-hydroxylation sites is 2. The van der Waals surface area contributed by atoms with Gasteiger partial charge in [0.2, 0.25) is 0 Å². The number of anilines is 1. The first kappa shape index (κ1) is 17.3. The lowest BCUT2D eigenvalue weighted by molar-refractivity contribution is 0.342. The highest BCUT2D eigenvalue weighted by Gasteiger charge is 2.03. The maximum atomic E-state index is 5.58. The van der Waals surface area contributed by atoms with Crippen LogP contribution in [0, 0.1) is 0 Å². The number of thiocarbonyl (C=S) groups is 1. The lowest BCUT2D eigenvalue weighted by Gasteiger charge is -2.14. The zero-order valence-corrected chi connectivity index (χ0v) is 14.4. The molecule has 0 unspecified atom stereocenters. The van der Waals surface area contributed by atoms with E-state index in [4.69, 9.17) is 17.0 Å². The molecule has 2 aromatic carbocycles. The monoisotopic (exact) mass is 328 g/mol. The first-order valence-electron chi connectivity index (χ1n) is 8.10. The number of hydrogen-bond acceptors (Lipinski definition) is 2. The molecule has 0 aliphatic rings. The first-order chi connectivity index (χ1) is 11.3. The molecule has 0 fully saturated rings. The third-order valence-corrected chi connectivity index (χ3v) is 3.70. The van der Waals surface area contributed by atoms with Gasteiger partial charge >= 0.3 is 0 Å². The highest BCUT2D eigenvalue weighted by molar-refractivity contribution is 7.80. The number of nitrogens with one attached hydrogen (secondary N) is 2. The summed E-state index contributed by atoms with van der Waals surface area (Å²) in [5.41, 5.74) is 2.29. The van der Waals surface area contributed by atoms with Gasteiger partial charge in [-0.15, -0.1) is 0 Å². The third kappa shape index (κ3) is 6.28. The fourth-order valence-electron chi connectivity index (χ4n) is 2.32. The van der Waals surface area contributed by atoms with Crippen molar-refractivity contribution >= 4 is 23.0 Å². The minimum Gasteiger partial charge on any atom is -0.492 e. The summed E-state index contributed by atoms with van der Waals surface area (Å²) in [6, 6.07) is 18.4. The van der Waals surface area contributed by atoms with Gasteiger partial charge in [-0.2, -0.15) is 0 Å². The van der Waals surface area contributed by atoms with Crippen LogP contribution in [0.15, 0.2) is 54.6 Å². The van der Waals surface area contributed by atoms with Crippen LogP contribution in [0.1, 0.15) is 25.3 Å². The van der Waals surface area contributed by atoms with Crippen molar-refractivity contribution in [2.45, 2.75) is 26.2 Å². The van der Waals surface area contributed by atoms with Crippen LogP contribution in [0.25, 0.3) is 0 Å². The van der Waals surface area contributed by atoms with E-state index in [-0.39, 0.29) is 0 Å². The molecule has 0 heterocycles. The quantitative estimate of drug-likeness (QED) is 0.556. The lowest BCUT2D eigenvalue weighted by atomic mass is 10.1. The number of benzene rings is 2. The Morgan fingerprint density at radius 1 is 1.00 bits per heavy atom. The van der Waals surface area contributed by atoms with Crippen LogP contribution in [0.3, 0.4) is 0 Å². The highest BCUT2D eigenvalue weighted by atomic mass is 32.1. The van der Waals surface area contributed by atoms with Crippen molar-refractivity contribution in [3.8, 4) is 5.75 Å². The van der Waals surface area contributed by atoms with E-state index in [1.807, 2.05) is 31.2 Å². The Morgan fingerprint density at radius 2 is 1.74 bits per heavy atom. The summed E-state index contributed by atoms with van der Waals surface area (Å²) in [5, 5.41) is 7.09. The summed E-state index contributed by atoms with van der Waals surface area (Å²) in [5.74, 6) is 0.822. The van der Waals surface area contributed by atoms with E-state index in [1.54, 1.807) is 0 Å². The van der Waals surface area contributed by atoms with Crippen LogP contribution in [0.5, 0.6) is 5.75 Å². The molecule has 2 rings (SSSR count). The Morgan fingerprint density at radius 3 is 2.52 bits per heavy atom. The molecule has 0 aliphatic heterocycles. The van der Waals surface area contributed by atoms with E-state index in [1.165, 1.54) is 5.56 Å². The number of aryl methyl sites for hydroxylation is 1. The largest absolute Gasteiger partial charge is 0.492 e. The molecular weight excluding hydrogens is 304 g/mol. The number of hydrogen-bond donors (Lipinski definition) is 2. The summed E-state index contributed by atoms with van der Waals surface area (Å²) in [7, 11) is 0. The minimum atomic E-state index is 0.636. The van der Waals surface area contributed by atoms with Gasteiger partial charge in [-0.1, -0.05) is 42.5 Å². The zero-order valence-electron chi connectivity index (χ0n) is 13.5. The molecule has 23 heavy (non-hydrogen) atoms. The minimum absolute atomic E-state index is 0.636. The molecule has 0 saturated carbocycles. The van der Waals surface area contributed by atoms with Crippen LogP contribution in [-0.2, 0) is 6.42 Å². The fraction of sp³-hybridized carbons (Fsp3) is 0.316. The van der Waals surface area contributed by atoms with Gasteiger partial charge in [0.1, 0.15) is 5.75 Å². The number of rotatable bonds is 8. The van der Waals surface area contributed by atoms with E-state index in [2.05, 4.69) is 41.0 Å². The smallest absolute Gasteiger partial charge is 0.170 e. The van der Waals surface area contributed by atoms with Crippen molar-refractivity contribution in [1.29, 1.82) is 0 Å². The van der Waals surface area contributed by atoms with Gasteiger partial charge in [-0.25, -0.2) is 0 Å². The van der Waals surface area contributed by atoms with Crippen molar-refractivity contribution in [2.75, 3.05) is 18.5 Å². The van der Waals surface area contributed by atoms with Crippen LogP contribution in [-0.4, -0.2) is 18.3 Å². The molecule has 3 nitrogen and oxygen atoms in total. The molecule has 0 radical (unpaired) electrons. The van der Waals surface area contributed by atoms with Gasteiger partial charge in [0.05, 0.1) is 12.3 Å². The molecule has 2 N–H and O–H groups in total. The van der Waals surface area contributed by atoms with E-state index in [0.29, 0.717) is 11.7 Å². The second kappa shape index (κ2) is 9.85.